The summed E-state index contributed by atoms with van der Waals surface area (Å²) >= 11 is 0. The third kappa shape index (κ3) is 8.58. The molecular formula is C19H28O5. The molecule has 0 aliphatic heterocycles. The zero-order valence-electron chi connectivity index (χ0n) is 15.0. The van der Waals surface area contributed by atoms with E-state index in [1.165, 1.54) is 0 Å². The van der Waals surface area contributed by atoms with Gasteiger partial charge >= 0.3 is 6.16 Å². The minimum absolute atomic E-state index is 0.298. The third-order valence-corrected chi connectivity index (χ3v) is 3.09. The van der Waals surface area contributed by atoms with Crippen LogP contribution in [0.5, 0.6) is 5.75 Å². The Kier molecular flexibility index (Phi) is 8.33. The Hall–Kier alpha value is -2.01. The van der Waals surface area contributed by atoms with Crippen LogP contribution < -0.4 is 4.74 Å². The van der Waals surface area contributed by atoms with E-state index in [1.807, 2.05) is 24.3 Å². The molecule has 0 N–H and O–H groups in total. The largest absolute Gasteiger partial charge is 0.509 e. The first-order chi connectivity index (χ1) is 11.3. The van der Waals surface area contributed by atoms with Crippen LogP contribution in [0.25, 0.3) is 0 Å². The molecule has 1 aromatic rings. The number of hydrogen-bond donors (Lipinski definition) is 0. The predicted octanol–water partition coefficient (Wildman–Crippen LogP) is 4.50. The average Bonchev–Trinajstić information content (AvgIpc) is 2.50. The van der Waals surface area contributed by atoms with Gasteiger partial charge in [0.1, 0.15) is 17.5 Å². The van der Waals surface area contributed by atoms with Crippen molar-refractivity contribution in [2.24, 2.45) is 0 Å². The molecule has 134 valence electrons. The van der Waals surface area contributed by atoms with Crippen LogP contribution in [-0.2, 0) is 20.8 Å². The van der Waals surface area contributed by atoms with Crippen LogP contribution in [0.1, 0.15) is 39.2 Å². The Morgan fingerprint density at radius 2 is 1.92 bits per heavy atom. The fourth-order valence-corrected chi connectivity index (χ4v) is 1.95. The second kappa shape index (κ2) is 9.98. The van der Waals surface area contributed by atoms with E-state index in [-0.39, 0.29) is 6.10 Å². The highest BCUT2D eigenvalue weighted by molar-refractivity contribution is 5.60. The van der Waals surface area contributed by atoms with E-state index in [9.17, 15) is 4.79 Å². The summed E-state index contributed by atoms with van der Waals surface area (Å²) in [6.07, 6.45) is 1.91. The van der Waals surface area contributed by atoms with Gasteiger partial charge in [0.25, 0.3) is 0 Å². The van der Waals surface area contributed by atoms with E-state index < -0.39 is 11.8 Å². The number of carbonyl (C=O) groups is 1. The van der Waals surface area contributed by atoms with Crippen LogP contribution >= 0.6 is 0 Å². The van der Waals surface area contributed by atoms with Crippen molar-refractivity contribution in [3.05, 3.63) is 42.5 Å². The minimum atomic E-state index is -0.662. The van der Waals surface area contributed by atoms with Gasteiger partial charge in [0.15, 0.2) is 0 Å². The van der Waals surface area contributed by atoms with Gasteiger partial charge in [-0.1, -0.05) is 18.2 Å². The van der Waals surface area contributed by atoms with Gasteiger partial charge in [-0.15, -0.1) is 6.58 Å². The number of hydrogen-bond acceptors (Lipinski definition) is 5. The van der Waals surface area contributed by atoms with Gasteiger partial charge in [0.05, 0.1) is 20.3 Å². The number of methoxy groups -OCH3 is 1. The van der Waals surface area contributed by atoms with Gasteiger partial charge in [-0.2, -0.15) is 0 Å². The van der Waals surface area contributed by atoms with Crippen molar-refractivity contribution in [1.29, 1.82) is 0 Å². The molecule has 0 bridgehead atoms. The Morgan fingerprint density at radius 1 is 1.25 bits per heavy atom. The monoisotopic (exact) mass is 336 g/mol. The third-order valence-electron chi connectivity index (χ3n) is 3.09. The van der Waals surface area contributed by atoms with E-state index >= 15 is 0 Å². The molecule has 0 saturated carbocycles. The van der Waals surface area contributed by atoms with Crippen LogP contribution in [0.3, 0.4) is 0 Å². The standard InChI is InChI=1S/C19H28O5/c1-6-7-17(23-18(20)24-19(2,3)4)12-13-22-14-15-8-10-16(21-5)11-9-15/h6,8-11,17H,1,7,12-14H2,2-5H3/t17-/m1/s1. The second-order valence-corrected chi connectivity index (χ2v) is 6.42. The lowest BCUT2D eigenvalue weighted by molar-refractivity contribution is -0.0332. The van der Waals surface area contributed by atoms with E-state index in [4.69, 9.17) is 18.9 Å². The van der Waals surface area contributed by atoms with Crippen molar-refractivity contribution < 1.29 is 23.7 Å². The Morgan fingerprint density at radius 3 is 2.46 bits per heavy atom. The smallest absolute Gasteiger partial charge is 0.497 e. The van der Waals surface area contributed by atoms with Crippen LogP contribution in [0.15, 0.2) is 36.9 Å². The zero-order chi connectivity index (χ0) is 18.0. The quantitative estimate of drug-likeness (QED) is 0.377. The summed E-state index contributed by atoms with van der Waals surface area (Å²) in [5, 5.41) is 0. The summed E-state index contributed by atoms with van der Waals surface area (Å²) in [4.78, 5) is 11.7. The lowest BCUT2D eigenvalue weighted by Crippen LogP contribution is -2.28. The zero-order valence-corrected chi connectivity index (χ0v) is 15.0. The van der Waals surface area contributed by atoms with Crippen LogP contribution in [-0.4, -0.2) is 31.6 Å². The SMILES string of the molecule is C=CC[C@H](CCOCc1ccc(OC)cc1)OC(=O)OC(C)(C)C. The fraction of sp³-hybridized carbons (Fsp3) is 0.526. The Balaban J connectivity index is 2.34. The summed E-state index contributed by atoms with van der Waals surface area (Å²) in [7, 11) is 1.63. The molecule has 0 fully saturated rings. The van der Waals surface area contributed by atoms with Gasteiger partial charge in [-0.3, -0.25) is 0 Å². The Labute approximate surface area is 144 Å². The summed E-state index contributed by atoms with van der Waals surface area (Å²) in [5.41, 5.74) is 0.491. The van der Waals surface area contributed by atoms with Crippen LogP contribution in [0, 0.1) is 0 Å². The highest BCUT2D eigenvalue weighted by Gasteiger charge is 2.20. The summed E-state index contributed by atoms with van der Waals surface area (Å²) < 4.78 is 21.2. The molecule has 0 aliphatic carbocycles. The van der Waals surface area contributed by atoms with Crippen molar-refractivity contribution in [2.45, 2.75) is 51.9 Å². The van der Waals surface area contributed by atoms with Crippen molar-refractivity contribution in [2.75, 3.05) is 13.7 Å². The van der Waals surface area contributed by atoms with Gasteiger partial charge < -0.3 is 18.9 Å². The maximum Gasteiger partial charge on any atom is 0.509 e. The number of carbonyl (C=O) groups excluding carboxylic acids is 1. The average molecular weight is 336 g/mol. The van der Waals surface area contributed by atoms with Crippen molar-refractivity contribution in [3.8, 4) is 5.75 Å². The normalized spacial score (nSPS) is 12.3. The topological polar surface area (TPSA) is 54.0 Å². The minimum Gasteiger partial charge on any atom is -0.497 e. The van der Waals surface area contributed by atoms with Gasteiger partial charge in [-0.25, -0.2) is 4.79 Å². The molecule has 5 heteroatoms. The van der Waals surface area contributed by atoms with E-state index in [0.717, 1.165) is 11.3 Å². The highest BCUT2D eigenvalue weighted by Crippen LogP contribution is 2.14. The molecular weight excluding hydrogens is 308 g/mol. The number of ether oxygens (including phenoxy) is 4. The van der Waals surface area contributed by atoms with Crippen molar-refractivity contribution >= 4 is 6.16 Å². The molecule has 0 amide bonds. The maximum atomic E-state index is 11.7. The Bertz CT molecular complexity index is 501. The molecule has 1 aromatic carbocycles. The van der Waals surface area contributed by atoms with Gasteiger partial charge in [0, 0.05) is 12.8 Å². The molecule has 0 aromatic heterocycles. The number of rotatable bonds is 9. The summed E-state index contributed by atoms with van der Waals surface area (Å²) in [6, 6.07) is 7.70. The molecule has 0 saturated heterocycles. The first kappa shape index (κ1) is 20.0. The van der Waals surface area contributed by atoms with E-state index in [1.54, 1.807) is 34.0 Å². The van der Waals surface area contributed by atoms with Crippen molar-refractivity contribution in [3.63, 3.8) is 0 Å². The lowest BCUT2D eigenvalue weighted by Gasteiger charge is -2.22. The van der Waals surface area contributed by atoms with Crippen molar-refractivity contribution in [1.82, 2.24) is 0 Å². The fourth-order valence-electron chi connectivity index (χ4n) is 1.95. The lowest BCUT2D eigenvalue weighted by atomic mass is 10.2. The molecule has 0 aliphatic rings. The van der Waals surface area contributed by atoms with Gasteiger partial charge in [0.2, 0.25) is 0 Å². The summed E-state index contributed by atoms with van der Waals surface area (Å²) in [5.74, 6) is 0.815. The molecule has 0 radical (unpaired) electrons. The second-order valence-electron chi connectivity index (χ2n) is 6.42. The first-order valence-electron chi connectivity index (χ1n) is 8.05. The van der Waals surface area contributed by atoms with E-state index in [0.29, 0.717) is 26.1 Å². The maximum absolute atomic E-state index is 11.7. The molecule has 0 spiro atoms. The first-order valence-corrected chi connectivity index (χ1v) is 8.05. The molecule has 1 atom stereocenters. The van der Waals surface area contributed by atoms with Crippen LogP contribution in [0.2, 0.25) is 0 Å². The highest BCUT2D eigenvalue weighted by atomic mass is 16.7. The summed E-state index contributed by atoms with van der Waals surface area (Å²) in [6.45, 7) is 10.1. The van der Waals surface area contributed by atoms with E-state index in [2.05, 4.69) is 6.58 Å². The number of benzene rings is 1. The molecule has 0 heterocycles. The predicted molar refractivity (Wildman–Crippen MR) is 93.2 cm³/mol. The molecule has 1 rings (SSSR count). The molecule has 5 nitrogen and oxygen atoms in total. The molecule has 0 unspecified atom stereocenters. The van der Waals surface area contributed by atoms with Crippen LogP contribution in [0.4, 0.5) is 4.79 Å². The molecule has 24 heavy (non-hydrogen) atoms. The van der Waals surface area contributed by atoms with Gasteiger partial charge in [-0.05, 0) is 38.5 Å².